The van der Waals surface area contributed by atoms with Crippen molar-refractivity contribution in [2.45, 2.75) is 44.2 Å². The van der Waals surface area contributed by atoms with Gasteiger partial charge in [0.05, 0.1) is 5.69 Å². The van der Waals surface area contributed by atoms with Gasteiger partial charge in [-0.2, -0.15) is 0 Å². The molecule has 1 aromatic rings. The Labute approximate surface area is 114 Å². The molecule has 2 N–H and O–H groups in total. The molecule has 1 aliphatic carbocycles. The van der Waals surface area contributed by atoms with Gasteiger partial charge in [0.1, 0.15) is 6.04 Å². The Bertz CT molecular complexity index is 595. The first-order chi connectivity index (χ1) is 9.08. The van der Waals surface area contributed by atoms with Crippen LogP contribution in [-0.4, -0.2) is 26.7 Å². The number of carbonyl (C=O) groups is 1. The lowest BCUT2D eigenvalue weighted by Crippen LogP contribution is -2.35. The largest absolute Gasteiger partial charge is 0.480 e. The third-order valence-corrected chi connectivity index (χ3v) is 4.16. The van der Waals surface area contributed by atoms with E-state index in [0.717, 1.165) is 19.3 Å². The minimum atomic E-state index is -1.00. The number of hydrogen-bond donors (Lipinski definition) is 2. The van der Waals surface area contributed by atoms with Crippen molar-refractivity contribution in [3.05, 3.63) is 21.2 Å². The van der Waals surface area contributed by atoms with Gasteiger partial charge in [0.2, 0.25) is 0 Å². The molecule has 1 atom stereocenters. The normalized spacial score (nSPS) is 21.8. The predicted molar refractivity (Wildman–Crippen MR) is 69.8 cm³/mol. The minimum Gasteiger partial charge on any atom is -0.480 e. The molecule has 1 fully saturated rings. The van der Waals surface area contributed by atoms with Crippen molar-refractivity contribution in [1.82, 2.24) is 9.55 Å². The molecule has 0 spiro atoms. The van der Waals surface area contributed by atoms with E-state index in [1.807, 2.05) is 0 Å². The lowest BCUT2D eigenvalue weighted by Gasteiger charge is -2.27. The topological polar surface area (TPSA) is 84.2 Å². The van der Waals surface area contributed by atoms with Gasteiger partial charge in [-0.25, -0.2) is 9.78 Å². The number of halogens is 1. The highest BCUT2D eigenvalue weighted by Gasteiger charge is 2.33. The van der Waals surface area contributed by atoms with Crippen molar-refractivity contribution >= 4 is 23.4 Å². The van der Waals surface area contributed by atoms with Crippen LogP contribution in [0.2, 0.25) is 5.15 Å². The van der Waals surface area contributed by atoms with Crippen LogP contribution >= 0.6 is 11.6 Å². The van der Waals surface area contributed by atoms with Crippen LogP contribution in [0.25, 0.3) is 0 Å². The molecule has 1 aromatic heterocycles. The number of nitrogens with one attached hydrogen (secondary N) is 1. The summed E-state index contributed by atoms with van der Waals surface area (Å²) in [7, 11) is 0. The maximum atomic E-state index is 12.3. The zero-order chi connectivity index (χ0) is 13.6. The summed E-state index contributed by atoms with van der Waals surface area (Å²) in [6.45, 7) is 0. The molecule has 0 bridgehead atoms. The first kappa shape index (κ1) is 12.5. The van der Waals surface area contributed by atoms with E-state index < -0.39 is 12.0 Å². The summed E-state index contributed by atoms with van der Waals surface area (Å²) in [6, 6.07) is -0.579. The maximum absolute atomic E-state index is 12.3. The Hall–Kier alpha value is -1.56. The van der Waals surface area contributed by atoms with Gasteiger partial charge >= 0.3 is 5.97 Å². The standard InChI is InChI=1S/C12H14ClN3O3/c13-9-7-4-5-8(12(18)19)16(7)11(17)10(15-9)14-6-2-1-3-6/h6,8H,1-5H2,(H,14,15)(H,18,19)/t8-/m0/s1. The highest BCUT2D eigenvalue weighted by Crippen LogP contribution is 2.29. The van der Waals surface area contributed by atoms with Gasteiger partial charge < -0.3 is 10.4 Å². The molecule has 3 rings (SSSR count). The fourth-order valence-corrected chi connectivity index (χ4v) is 2.85. The smallest absolute Gasteiger partial charge is 0.326 e. The third-order valence-electron chi connectivity index (χ3n) is 3.86. The van der Waals surface area contributed by atoms with Crippen LogP contribution in [0, 0.1) is 0 Å². The molecule has 0 radical (unpaired) electrons. The van der Waals surface area contributed by atoms with Crippen molar-refractivity contribution < 1.29 is 9.90 Å². The minimum absolute atomic E-state index is 0.173. The van der Waals surface area contributed by atoms with E-state index in [4.69, 9.17) is 16.7 Å². The highest BCUT2D eigenvalue weighted by atomic mass is 35.5. The first-order valence-electron chi connectivity index (χ1n) is 6.38. The van der Waals surface area contributed by atoms with Gasteiger partial charge in [0, 0.05) is 6.04 Å². The van der Waals surface area contributed by atoms with Crippen molar-refractivity contribution in [1.29, 1.82) is 0 Å². The molecule has 19 heavy (non-hydrogen) atoms. The van der Waals surface area contributed by atoms with Gasteiger partial charge in [-0.05, 0) is 32.1 Å². The second-order valence-corrected chi connectivity index (χ2v) is 5.40. The number of hydrogen-bond acceptors (Lipinski definition) is 4. The van der Waals surface area contributed by atoms with E-state index in [-0.39, 0.29) is 22.6 Å². The number of rotatable bonds is 3. The van der Waals surface area contributed by atoms with Gasteiger partial charge in [0.25, 0.3) is 5.56 Å². The number of fused-ring (bicyclic) bond motifs is 1. The molecule has 6 nitrogen and oxygen atoms in total. The summed E-state index contributed by atoms with van der Waals surface area (Å²) < 4.78 is 1.28. The number of nitrogens with zero attached hydrogens (tertiary/aromatic N) is 2. The van der Waals surface area contributed by atoms with Crippen LogP contribution in [0.4, 0.5) is 5.82 Å². The van der Waals surface area contributed by atoms with Crippen LogP contribution < -0.4 is 10.9 Å². The Kier molecular flexibility index (Phi) is 2.97. The second kappa shape index (κ2) is 4.52. The number of aromatic nitrogens is 2. The zero-order valence-corrected chi connectivity index (χ0v) is 11.0. The molecule has 0 amide bonds. The molecule has 0 aromatic carbocycles. The number of carboxylic acid groups (broad SMARTS) is 1. The quantitative estimate of drug-likeness (QED) is 0.877. The number of carboxylic acids is 1. The Morgan fingerprint density at radius 3 is 2.74 bits per heavy atom. The number of aliphatic carboxylic acids is 1. The van der Waals surface area contributed by atoms with Crippen LogP contribution in [0.15, 0.2) is 4.79 Å². The van der Waals surface area contributed by atoms with Crippen molar-refractivity contribution in [3.63, 3.8) is 0 Å². The van der Waals surface area contributed by atoms with E-state index >= 15 is 0 Å². The summed E-state index contributed by atoms with van der Waals surface area (Å²) in [6.07, 6.45) is 4.00. The van der Waals surface area contributed by atoms with E-state index in [9.17, 15) is 9.59 Å². The average Bonchev–Trinajstić information content (AvgIpc) is 2.74. The summed E-state index contributed by atoms with van der Waals surface area (Å²) in [5, 5.41) is 12.4. The molecule has 0 saturated heterocycles. The van der Waals surface area contributed by atoms with Gasteiger partial charge in [-0.3, -0.25) is 9.36 Å². The lowest BCUT2D eigenvalue weighted by molar-refractivity contribution is -0.140. The van der Waals surface area contributed by atoms with Crippen LogP contribution in [-0.2, 0) is 11.2 Å². The molecule has 7 heteroatoms. The molecule has 0 unspecified atom stereocenters. The molecule has 2 aliphatic rings. The monoisotopic (exact) mass is 283 g/mol. The number of anilines is 1. The summed E-state index contributed by atoms with van der Waals surface area (Å²) in [4.78, 5) is 27.6. The average molecular weight is 284 g/mol. The van der Waals surface area contributed by atoms with Crippen molar-refractivity contribution in [3.8, 4) is 0 Å². The Morgan fingerprint density at radius 1 is 1.42 bits per heavy atom. The molecular weight excluding hydrogens is 270 g/mol. The lowest BCUT2D eigenvalue weighted by atomic mass is 9.93. The van der Waals surface area contributed by atoms with Crippen molar-refractivity contribution in [2.24, 2.45) is 0 Å². The SMILES string of the molecule is O=C(O)[C@@H]1CCc2c(Cl)nc(NC3CCC3)c(=O)n21. The Balaban J connectivity index is 2.04. The van der Waals surface area contributed by atoms with Crippen LogP contribution in [0.3, 0.4) is 0 Å². The van der Waals surface area contributed by atoms with Crippen molar-refractivity contribution in [2.75, 3.05) is 5.32 Å². The molecule has 2 heterocycles. The summed E-state index contributed by atoms with van der Waals surface area (Å²) >= 11 is 6.06. The highest BCUT2D eigenvalue weighted by molar-refractivity contribution is 6.30. The fraction of sp³-hybridized carbons (Fsp3) is 0.583. The van der Waals surface area contributed by atoms with Crippen LogP contribution in [0.1, 0.15) is 37.4 Å². The zero-order valence-electron chi connectivity index (χ0n) is 10.2. The van der Waals surface area contributed by atoms with Gasteiger partial charge in [-0.1, -0.05) is 11.6 Å². The van der Waals surface area contributed by atoms with Gasteiger partial charge in [-0.15, -0.1) is 0 Å². The van der Waals surface area contributed by atoms with E-state index in [0.29, 0.717) is 18.5 Å². The van der Waals surface area contributed by atoms with E-state index in [1.54, 1.807) is 0 Å². The maximum Gasteiger partial charge on any atom is 0.326 e. The molecule has 1 saturated carbocycles. The fourth-order valence-electron chi connectivity index (χ4n) is 2.58. The molecule has 1 aliphatic heterocycles. The van der Waals surface area contributed by atoms with Gasteiger partial charge in [0.15, 0.2) is 11.0 Å². The molecule has 102 valence electrons. The first-order valence-corrected chi connectivity index (χ1v) is 6.76. The molecular formula is C12H14ClN3O3. The Morgan fingerprint density at radius 2 is 2.16 bits per heavy atom. The third kappa shape index (κ3) is 2.00. The van der Waals surface area contributed by atoms with Crippen LogP contribution in [0.5, 0.6) is 0 Å². The second-order valence-electron chi connectivity index (χ2n) is 5.04. The summed E-state index contributed by atoms with van der Waals surface area (Å²) in [5.41, 5.74) is 0.148. The summed E-state index contributed by atoms with van der Waals surface area (Å²) in [5.74, 6) is -0.829. The predicted octanol–water partition coefficient (Wildman–Crippen LogP) is 1.43. The van der Waals surface area contributed by atoms with E-state index in [2.05, 4.69) is 10.3 Å². The van der Waals surface area contributed by atoms with E-state index in [1.165, 1.54) is 4.57 Å².